The smallest absolute Gasteiger partial charge is 0.101 e. The van der Waals surface area contributed by atoms with Crippen LogP contribution >= 0.6 is 11.6 Å². The van der Waals surface area contributed by atoms with Crippen molar-refractivity contribution in [3.63, 3.8) is 0 Å². The standard InChI is InChI=1S/C13H17ClN2O/c1-3-4-12(9-17-2)16-13-7-11(14)6-5-10(13)8-15/h5-7,12,16H,3-4,9H2,1-2H3. The van der Waals surface area contributed by atoms with E-state index in [-0.39, 0.29) is 6.04 Å². The maximum atomic E-state index is 9.02. The number of nitriles is 1. The molecule has 92 valence electrons. The summed E-state index contributed by atoms with van der Waals surface area (Å²) in [5.41, 5.74) is 1.38. The zero-order valence-corrected chi connectivity index (χ0v) is 10.9. The van der Waals surface area contributed by atoms with E-state index in [0.717, 1.165) is 18.5 Å². The second kappa shape index (κ2) is 7.16. The molecule has 0 fully saturated rings. The minimum atomic E-state index is 0.204. The first-order valence-electron chi connectivity index (χ1n) is 5.66. The summed E-state index contributed by atoms with van der Waals surface area (Å²) in [6.45, 7) is 2.73. The molecule has 4 heteroatoms. The van der Waals surface area contributed by atoms with Crippen molar-refractivity contribution in [3.8, 4) is 6.07 Å². The third-order valence-electron chi connectivity index (χ3n) is 2.47. The molecule has 0 aliphatic carbocycles. The molecule has 1 rings (SSSR count). The zero-order valence-electron chi connectivity index (χ0n) is 10.2. The number of nitrogens with zero attached hydrogens (tertiary/aromatic N) is 1. The second-order valence-electron chi connectivity index (χ2n) is 3.89. The molecule has 1 aromatic rings. The van der Waals surface area contributed by atoms with Crippen molar-refractivity contribution in [2.45, 2.75) is 25.8 Å². The maximum absolute atomic E-state index is 9.02. The lowest BCUT2D eigenvalue weighted by Gasteiger charge is -2.19. The van der Waals surface area contributed by atoms with Crippen molar-refractivity contribution in [2.75, 3.05) is 19.0 Å². The first-order chi connectivity index (χ1) is 8.21. The van der Waals surface area contributed by atoms with E-state index in [9.17, 15) is 0 Å². The molecule has 1 unspecified atom stereocenters. The molecular weight excluding hydrogens is 236 g/mol. The zero-order chi connectivity index (χ0) is 12.7. The van der Waals surface area contributed by atoms with Crippen LogP contribution in [0, 0.1) is 11.3 Å². The Kier molecular flexibility index (Phi) is 5.82. The van der Waals surface area contributed by atoms with E-state index in [4.69, 9.17) is 21.6 Å². The molecule has 1 N–H and O–H groups in total. The summed E-state index contributed by atoms with van der Waals surface area (Å²) in [4.78, 5) is 0. The molecule has 17 heavy (non-hydrogen) atoms. The van der Waals surface area contributed by atoms with Gasteiger partial charge in [-0.1, -0.05) is 24.9 Å². The van der Waals surface area contributed by atoms with Crippen molar-refractivity contribution in [2.24, 2.45) is 0 Å². The average molecular weight is 253 g/mol. The fourth-order valence-electron chi connectivity index (χ4n) is 1.70. The van der Waals surface area contributed by atoms with Crippen LogP contribution in [-0.4, -0.2) is 19.8 Å². The van der Waals surface area contributed by atoms with Crippen molar-refractivity contribution in [3.05, 3.63) is 28.8 Å². The molecule has 0 saturated carbocycles. The molecule has 0 bridgehead atoms. The summed E-state index contributed by atoms with van der Waals surface area (Å²) in [6.07, 6.45) is 2.05. The Hall–Kier alpha value is -1.24. The summed E-state index contributed by atoms with van der Waals surface area (Å²) in [5, 5.41) is 13.0. The Labute approximate surface area is 107 Å². The van der Waals surface area contributed by atoms with E-state index in [1.807, 2.05) is 0 Å². The molecule has 3 nitrogen and oxygen atoms in total. The van der Waals surface area contributed by atoms with E-state index >= 15 is 0 Å². The topological polar surface area (TPSA) is 45.0 Å². The van der Waals surface area contributed by atoms with Crippen molar-refractivity contribution in [1.82, 2.24) is 0 Å². The highest BCUT2D eigenvalue weighted by atomic mass is 35.5. The van der Waals surface area contributed by atoms with Gasteiger partial charge in [-0.15, -0.1) is 0 Å². The van der Waals surface area contributed by atoms with Gasteiger partial charge in [-0.3, -0.25) is 0 Å². The molecule has 0 amide bonds. The van der Waals surface area contributed by atoms with Crippen LogP contribution in [0.5, 0.6) is 0 Å². The molecular formula is C13H17ClN2O. The van der Waals surface area contributed by atoms with Gasteiger partial charge in [0.1, 0.15) is 6.07 Å². The fraction of sp³-hybridized carbons (Fsp3) is 0.462. The van der Waals surface area contributed by atoms with E-state index in [0.29, 0.717) is 17.2 Å². The van der Waals surface area contributed by atoms with Crippen LogP contribution < -0.4 is 5.32 Å². The highest BCUT2D eigenvalue weighted by Crippen LogP contribution is 2.21. The Morgan fingerprint density at radius 2 is 2.29 bits per heavy atom. The van der Waals surface area contributed by atoms with Gasteiger partial charge >= 0.3 is 0 Å². The van der Waals surface area contributed by atoms with Gasteiger partial charge in [-0.05, 0) is 24.6 Å². The van der Waals surface area contributed by atoms with Crippen LogP contribution in [0.15, 0.2) is 18.2 Å². The molecule has 0 saturated heterocycles. The second-order valence-corrected chi connectivity index (χ2v) is 4.32. The number of benzene rings is 1. The van der Waals surface area contributed by atoms with Gasteiger partial charge in [-0.25, -0.2) is 0 Å². The highest BCUT2D eigenvalue weighted by Gasteiger charge is 2.10. The van der Waals surface area contributed by atoms with E-state index in [2.05, 4.69) is 18.3 Å². The Bertz CT molecular complexity index is 395. The van der Waals surface area contributed by atoms with E-state index < -0.39 is 0 Å². The van der Waals surface area contributed by atoms with Crippen LogP contribution in [0.4, 0.5) is 5.69 Å². The predicted octanol–water partition coefficient (Wildman–Crippen LogP) is 3.44. The summed E-state index contributed by atoms with van der Waals surface area (Å²) in [7, 11) is 1.67. The van der Waals surface area contributed by atoms with Gasteiger partial charge in [0.2, 0.25) is 0 Å². The SMILES string of the molecule is CCCC(COC)Nc1cc(Cl)ccc1C#N. The van der Waals surface area contributed by atoms with Crippen LogP contribution in [0.25, 0.3) is 0 Å². The van der Waals surface area contributed by atoms with Gasteiger partial charge < -0.3 is 10.1 Å². The predicted molar refractivity (Wildman–Crippen MR) is 70.4 cm³/mol. The van der Waals surface area contributed by atoms with Gasteiger partial charge in [-0.2, -0.15) is 5.26 Å². The molecule has 0 aliphatic heterocycles. The number of anilines is 1. The van der Waals surface area contributed by atoms with Crippen LogP contribution in [0.1, 0.15) is 25.3 Å². The third-order valence-corrected chi connectivity index (χ3v) is 2.70. The molecule has 0 aliphatic rings. The maximum Gasteiger partial charge on any atom is 0.101 e. The molecule has 1 aromatic carbocycles. The number of hydrogen-bond donors (Lipinski definition) is 1. The third kappa shape index (κ3) is 4.26. The van der Waals surface area contributed by atoms with Gasteiger partial charge in [0.25, 0.3) is 0 Å². The van der Waals surface area contributed by atoms with Crippen LogP contribution in [0.2, 0.25) is 5.02 Å². The molecule has 0 radical (unpaired) electrons. The van der Waals surface area contributed by atoms with Crippen LogP contribution in [-0.2, 0) is 4.74 Å². The lowest BCUT2D eigenvalue weighted by Crippen LogP contribution is -2.25. The minimum absolute atomic E-state index is 0.204. The number of nitrogens with one attached hydrogen (secondary N) is 1. The monoisotopic (exact) mass is 252 g/mol. The molecule has 0 aromatic heterocycles. The van der Waals surface area contributed by atoms with E-state index in [1.165, 1.54) is 0 Å². The number of methoxy groups -OCH3 is 1. The highest BCUT2D eigenvalue weighted by molar-refractivity contribution is 6.30. The van der Waals surface area contributed by atoms with Gasteiger partial charge in [0.05, 0.1) is 17.9 Å². The number of halogens is 1. The largest absolute Gasteiger partial charge is 0.383 e. The average Bonchev–Trinajstić information content (AvgIpc) is 2.30. The molecule has 1 atom stereocenters. The van der Waals surface area contributed by atoms with E-state index in [1.54, 1.807) is 25.3 Å². The first kappa shape index (κ1) is 13.8. The van der Waals surface area contributed by atoms with Crippen molar-refractivity contribution < 1.29 is 4.74 Å². The summed E-state index contributed by atoms with van der Waals surface area (Å²) < 4.78 is 5.15. The fourth-order valence-corrected chi connectivity index (χ4v) is 1.87. The molecule has 0 heterocycles. The number of hydrogen-bond acceptors (Lipinski definition) is 3. The lowest BCUT2D eigenvalue weighted by atomic mass is 10.1. The molecule has 0 spiro atoms. The summed E-state index contributed by atoms with van der Waals surface area (Å²) in [5.74, 6) is 0. The summed E-state index contributed by atoms with van der Waals surface area (Å²) in [6, 6.07) is 7.57. The Morgan fingerprint density at radius 3 is 2.88 bits per heavy atom. The van der Waals surface area contributed by atoms with Gasteiger partial charge in [0.15, 0.2) is 0 Å². The number of rotatable bonds is 6. The first-order valence-corrected chi connectivity index (χ1v) is 6.04. The quantitative estimate of drug-likeness (QED) is 0.844. The van der Waals surface area contributed by atoms with Gasteiger partial charge in [0, 0.05) is 18.2 Å². The van der Waals surface area contributed by atoms with Crippen molar-refractivity contribution >= 4 is 17.3 Å². The Balaban J connectivity index is 2.84. The van der Waals surface area contributed by atoms with Crippen LogP contribution in [0.3, 0.4) is 0 Å². The normalized spacial score (nSPS) is 11.9. The summed E-state index contributed by atoms with van der Waals surface area (Å²) >= 11 is 5.93. The lowest BCUT2D eigenvalue weighted by molar-refractivity contribution is 0.182. The van der Waals surface area contributed by atoms with Crippen molar-refractivity contribution in [1.29, 1.82) is 5.26 Å². The number of ether oxygens (including phenoxy) is 1. The minimum Gasteiger partial charge on any atom is -0.383 e. The Morgan fingerprint density at radius 1 is 1.53 bits per heavy atom.